The first-order chi connectivity index (χ1) is 7.84. The minimum absolute atomic E-state index is 0.786. The van der Waals surface area contributed by atoms with Crippen LogP contribution in [0.25, 0.3) is 22.3 Å². The van der Waals surface area contributed by atoms with E-state index < -0.39 is 0 Å². The largest absolute Gasteiger partial charge is 0.346 e. The fourth-order valence-corrected chi connectivity index (χ4v) is 1.87. The summed E-state index contributed by atoms with van der Waals surface area (Å²) >= 11 is 0. The van der Waals surface area contributed by atoms with Crippen LogP contribution in [0.2, 0.25) is 0 Å². The lowest BCUT2D eigenvalue weighted by Gasteiger charge is -2.03. The Balaban J connectivity index is 2.34. The monoisotopic (exact) mass is 209 g/mol. The molecule has 0 spiro atoms. The number of hydrogen-bond donors (Lipinski definition) is 1. The summed E-state index contributed by atoms with van der Waals surface area (Å²) in [6, 6.07) is 12.2. The molecule has 1 N–H and O–H groups in total. The van der Waals surface area contributed by atoms with Crippen molar-refractivity contribution in [2.45, 2.75) is 6.92 Å². The van der Waals surface area contributed by atoms with Crippen molar-refractivity contribution in [3.8, 4) is 11.3 Å². The zero-order valence-corrected chi connectivity index (χ0v) is 8.94. The van der Waals surface area contributed by atoms with Gasteiger partial charge in [-0.3, -0.25) is 0 Å². The molecule has 3 nitrogen and oxygen atoms in total. The average molecular weight is 209 g/mol. The maximum Gasteiger partial charge on any atom is 0.141 e. The van der Waals surface area contributed by atoms with Crippen molar-refractivity contribution in [2.75, 3.05) is 0 Å². The Labute approximate surface area is 93.2 Å². The van der Waals surface area contributed by atoms with Crippen molar-refractivity contribution in [3.05, 3.63) is 48.4 Å². The van der Waals surface area contributed by atoms with Gasteiger partial charge in [0, 0.05) is 17.1 Å². The fourth-order valence-electron chi connectivity index (χ4n) is 1.87. The standard InChI is InChI=1S/C13H11N3/c1-9-15-12(10-5-3-2-4-6-10)11-7-8-14-13(11)16-9/h2-8H,1H3,(H,14,15,16). The van der Waals surface area contributed by atoms with Crippen molar-refractivity contribution in [1.29, 1.82) is 0 Å². The summed E-state index contributed by atoms with van der Waals surface area (Å²) in [6.45, 7) is 1.91. The molecule has 3 heteroatoms. The number of benzene rings is 1. The number of fused-ring (bicyclic) bond motifs is 1. The Morgan fingerprint density at radius 2 is 1.81 bits per heavy atom. The van der Waals surface area contributed by atoms with Crippen molar-refractivity contribution < 1.29 is 0 Å². The van der Waals surface area contributed by atoms with Crippen LogP contribution in [-0.2, 0) is 0 Å². The van der Waals surface area contributed by atoms with Gasteiger partial charge < -0.3 is 4.98 Å². The van der Waals surface area contributed by atoms with E-state index in [1.807, 2.05) is 37.4 Å². The van der Waals surface area contributed by atoms with Crippen LogP contribution in [0, 0.1) is 6.92 Å². The first-order valence-electron chi connectivity index (χ1n) is 5.22. The molecule has 0 atom stereocenters. The van der Waals surface area contributed by atoms with Crippen LogP contribution in [-0.4, -0.2) is 15.0 Å². The Kier molecular flexibility index (Phi) is 1.96. The quantitative estimate of drug-likeness (QED) is 0.669. The number of aromatic amines is 1. The maximum atomic E-state index is 4.51. The molecule has 0 aliphatic heterocycles. The highest BCUT2D eigenvalue weighted by molar-refractivity contribution is 5.90. The van der Waals surface area contributed by atoms with E-state index >= 15 is 0 Å². The molecule has 0 saturated carbocycles. The molecule has 16 heavy (non-hydrogen) atoms. The second kappa shape index (κ2) is 3.45. The van der Waals surface area contributed by atoms with Gasteiger partial charge in [-0.05, 0) is 13.0 Å². The third-order valence-electron chi connectivity index (χ3n) is 2.57. The topological polar surface area (TPSA) is 41.6 Å². The van der Waals surface area contributed by atoms with Crippen molar-refractivity contribution in [2.24, 2.45) is 0 Å². The summed E-state index contributed by atoms with van der Waals surface area (Å²) in [5, 5.41) is 1.07. The first-order valence-corrected chi connectivity index (χ1v) is 5.22. The van der Waals surface area contributed by atoms with Gasteiger partial charge in [-0.1, -0.05) is 30.3 Å². The highest BCUT2D eigenvalue weighted by atomic mass is 14.9. The molecule has 3 rings (SSSR count). The number of aromatic nitrogens is 3. The van der Waals surface area contributed by atoms with Crippen LogP contribution in [0.3, 0.4) is 0 Å². The van der Waals surface area contributed by atoms with Crippen molar-refractivity contribution in [1.82, 2.24) is 15.0 Å². The van der Waals surface area contributed by atoms with Gasteiger partial charge in [-0.25, -0.2) is 9.97 Å². The first kappa shape index (κ1) is 9.09. The summed E-state index contributed by atoms with van der Waals surface area (Å²) in [5.41, 5.74) is 3.01. The van der Waals surface area contributed by atoms with Crippen LogP contribution in [0.1, 0.15) is 5.82 Å². The van der Waals surface area contributed by atoms with Gasteiger partial charge in [0.05, 0.1) is 5.69 Å². The van der Waals surface area contributed by atoms with Crippen LogP contribution < -0.4 is 0 Å². The molecule has 3 aromatic rings. The van der Waals surface area contributed by atoms with Gasteiger partial charge in [0.2, 0.25) is 0 Å². The zero-order chi connectivity index (χ0) is 11.0. The van der Waals surface area contributed by atoms with Crippen LogP contribution >= 0.6 is 0 Å². The summed E-state index contributed by atoms with van der Waals surface area (Å²) in [4.78, 5) is 12.0. The van der Waals surface area contributed by atoms with Gasteiger partial charge in [0.1, 0.15) is 11.5 Å². The number of H-pyrrole nitrogens is 1. The lowest BCUT2D eigenvalue weighted by atomic mass is 10.1. The van der Waals surface area contributed by atoms with E-state index in [-0.39, 0.29) is 0 Å². The Morgan fingerprint density at radius 1 is 1.00 bits per heavy atom. The number of nitrogens with one attached hydrogen (secondary N) is 1. The molecule has 1 aromatic carbocycles. The highest BCUT2D eigenvalue weighted by Gasteiger charge is 2.07. The van der Waals surface area contributed by atoms with Crippen LogP contribution in [0.15, 0.2) is 42.6 Å². The molecule has 0 bridgehead atoms. The third kappa shape index (κ3) is 1.37. The van der Waals surface area contributed by atoms with Gasteiger partial charge >= 0.3 is 0 Å². The van der Waals surface area contributed by atoms with E-state index in [4.69, 9.17) is 0 Å². The average Bonchev–Trinajstić information content (AvgIpc) is 2.77. The van der Waals surface area contributed by atoms with E-state index in [9.17, 15) is 0 Å². The molecular formula is C13H11N3. The van der Waals surface area contributed by atoms with Crippen molar-refractivity contribution in [3.63, 3.8) is 0 Å². The number of rotatable bonds is 1. The molecule has 78 valence electrons. The number of aryl methyl sites for hydroxylation is 1. The van der Waals surface area contributed by atoms with E-state index in [2.05, 4.69) is 27.1 Å². The fraction of sp³-hybridized carbons (Fsp3) is 0.0769. The smallest absolute Gasteiger partial charge is 0.141 e. The van der Waals surface area contributed by atoms with Crippen LogP contribution in [0.5, 0.6) is 0 Å². The number of nitrogens with zero attached hydrogens (tertiary/aromatic N) is 2. The highest BCUT2D eigenvalue weighted by Crippen LogP contribution is 2.24. The molecule has 0 aliphatic carbocycles. The molecule has 0 radical (unpaired) electrons. The second-order valence-electron chi connectivity index (χ2n) is 3.73. The van der Waals surface area contributed by atoms with E-state index in [0.29, 0.717) is 0 Å². The molecule has 2 heterocycles. The maximum absolute atomic E-state index is 4.51. The molecule has 0 saturated heterocycles. The van der Waals surface area contributed by atoms with E-state index in [1.54, 1.807) is 0 Å². The summed E-state index contributed by atoms with van der Waals surface area (Å²) in [7, 11) is 0. The third-order valence-corrected chi connectivity index (χ3v) is 2.57. The van der Waals surface area contributed by atoms with Crippen molar-refractivity contribution >= 4 is 11.0 Å². The molecule has 0 unspecified atom stereocenters. The Morgan fingerprint density at radius 3 is 2.62 bits per heavy atom. The summed E-state index contributed by atoms with van der Waals surface area (Å²) in [6.07, 6.45) is 1.89. The Hall–Kier alpha value is -2.16. The second-order valence-corrected chi connectivity index (χ2v) is 3.73. The van der Waals surface area contributed by atoms with E-state index in [0.717, 1.165) is 28.1 Å². The number of hydrogen-bond acceptors (Lipinski definition) is 2. The lowest BCUT2D eigenvalue weighted by Crippen LogP contribution is -1.92. The predicted molar refractivity (Wildman–Crippen MR) is 64.1 cm³/mol. The normalized spacial score (nSPS) is 10.8. The minimum atomic E-state index is 0.786. The molecule has 0 amide bonds. The SMILES string of the molecule is Cc1nc(-c2ccccc2)c2cc[nH]c2n1. The molecule has 0 aliphatic rings. The zero-order valence-electron chi connectivity index (χ0n) is 8.94. The van der Waals surface area contributed by atoms with Gasteiger partial charge in [-0.15, -0.1) is 0 Å². The molecule has 2 aromatic heterocycles. The minimum Gasteiger partial charge on any atom is -0.346 e. The summed E-state index contributed by atoms with van der Waals surface area (Å²) < 4.78 is 0. The Bertz CT molecular complexity index is 626. The van der Waals surface area contributed by atoms with Gasteiger partial charge in [0.25, 0.3) is 0 Å². The summed E-state index contributed by atoms with van der Waals surface area (Å²) in [5.74, 6) is 0.786. The molecular weight excluding hydrogens is 198 g/mol. The van der Waals surface area contributed by atoms with Gasteiger partial charge in [-0.2, -0.15) is 0 Å². The predicted octanol–water partition coefficient (Wildman–Crippen LogP) is 2.93. The van der Waals surface area contributed by atoms with Crippen LogP contribution in [0.4, 0.5) is 0 Å². The van der Waals surface area contributed by atoms with Gasteiger partial charge in [0.15, 0.2) is 0 Å². The lowest BCUT2D eigenvalue weighted by molar-refractivity contribution is 1.08. The van der Waals surface area contributed by atoms with E-state index in [1.165, 1.54) is 0 Å². The molecule has 0 fully saturated rings.